The third-order valence-corrected chi connectivity index (χ3v) is 11.7. The Kier molecular flexibility index (Phi) is 22.8. The van der Waals surface area contributed by atoms with Crippen LogP contribution >= 0.6 is 0 Å². The van der Waals surface area contributed by atoms with E-state index in [0.29, 0.717) is 50.6 Å². The van der Waals surface area contributed by atoms with E-state index in [1.54, 1.807) is 26.1 Å². The number of rotatable bonds is 29. The SMILES string of the molecule is CC(C)[C@H](NC(=O)[C@@H]1CCCN1C(=O)[C@H](CC(N)=O)NC(=O)CCOCCOCCOCCN)C(=O)NCCCN(C(=O)CO)[C@@H](c1cc(-c2cc(F)ccc2F)cn1Cc1ccccc1)C(C)(C)C. The molecule has 4 rings (SSSR count). The van der Waals surface area contributed by atoms with Gasteiger partial charge in [0.1, 0.15) is 36.4 Å². The smallest absolute Gasteiger partial charge is 0.248 e. The normalized spacial score (nSPS) is 15.1. The van der Waals surface area contributed by atoms with Crippen LogP contribution in [0.1, 0.15) is 84.0 Å². The van der Waals surface area contributed by atoms with Crippen LogP contribution in [-0.4, -0.2) is 145 Å². The molecule has 2 aromatic carbocycles. The largest absolute Gasteiger partial charge is 0.387 e. The van der Waals surface area contributed by atoms with E-state index in [1.807, 2.05) is 55.7 Å². The zero-order valence-corrected chi connectivity index (χ0v) is 41.1. The van der Waals surface area contributed by atoms with Crippen LogP contribution in [0.15, 0.2) is 60.8 Å². The highest BCUT2D eigenvalue weighted by Crippen LogP contribution is 2.41. The summed E-state index contributed by atoms with van der Waals surface area (Å²) in [5, 5.41) is 18.5. The van der Waals surface area contributed by atoms with E-state index in [-0.39, 0.29) is 64.3 Å². The summed E-state index contributed by atoms with van der Waals surface area (Å²) in [4.78, 5) is 82.8. The van der Waals surface area contributed by atoms with E-state index >= 15 is 4.39 Å². The minimum absolute atomic E-state index is 0.0213. The summed E-state index contributed by atoms with van der Waals surface area (Å²) in [7, 11) is 0. The number of halogens is 2. The molecule has 20 heteroatoms. The van der Waals surface area contributed by atoms with Gasteiger partial charge in [-0.25, -0.2) is 8.78 Å². The van der Waals surface area contributed by atoms with Gasteiger partial charge in [0.15, 0.2) is 0 Å². The van der Waals surface area contributed by atoms with Crippen LogP contribution in [0.4, 0.5) is 8.78 Å². The number of hydrogen-bond donors (Lipinski definition) is 6. The van der Waals surface area contributed by atoms with E-state index in [2.05, 4.69) is 16.0 Å². The molecule has 0 radical (unpaired) electrons. The lowest BCUT2D eigenvalue weighted by molar-refractivity contribution is -0.143. The Morgan fingerprint density at radius 3 is 2.21 bits per heavy atom. The number of primary amides is 1. The Morgan fingerprint density at radius 2 is 1.59 bits per heavy atom. The molecule has 70 heavy (non-hydrogen) atoms. The van der Waals surface area contributed by atoms with E-state index < -0.39 is 95.6 Å². The number of benzene rings is 2. The maximum atomic E-state index is 15.2. The van der Waals surface area contributed by atoms with E-state index in [9.17, 15) is 38.3 Å². The molecular formula is C50H72F2N8O10. The number of aliphatic hydroxyl groups excluding tert-OH is 1. The fraction of sp³-hybridized carbons (Fsp3) is 0.560. The van der Waals surface area contributed by atoms with Crippen LogP contribution in [0.25, 0.3) is 11.1 Å². The lowest BCUT2D eigenvalue weighted by Crippen LogP contribution is -2.57. The standard InChI is InChI=1S/C50H72F2N8O10/c1-33(2)45(57-47(65)40-13-9-19-59(40)49(67)39(29-42(54)62)56-43(63)16-21-68-23-25-70-26-24-69-22-17-53)48(66)55-18-10-20-60(44(64)32-61)46(50(3,4)5)41-27-35(37-28-36(51)14-15-38(37)52)31-58(41)30-34-11-7-6-8-12-34/h6-8,11-12,14-15,27-28,31,33,39-40,45-46,61H,9-10,13,16-26,29-30,32,53H2,1-5H3,(H2,54,62)(H,55,66)(H,56,63)(H,57,65)/t39-,40-,45-,46-/m0/s1. The third kappa shape index (κ3) is 17.3. The molecule has 18 nitrogen and oxygen atoms in total. The Bertz CT molecular complexity index is 2190. The second-order valence-electron chi connectivity index (χ2n) is 18.6. The van der Waals surface area contributed by atoms with Crippen LogP contribution in [0.2, 0.25) is 0 Å². The van der Waals surface area contributed by atoms with E-state index in [0.717, 1.165) is 23.8 Å². The number of carbonyl (C=O) groups is 6. The number of nitrogens with zero attached hydrogens (tertiary/aromatic N) is 3. The monoisotopic (exact) mass is 983 g/mol. The van der Waals surface area contributed by atoms with Crippen molar-refractivity contribution in [3.8, 4) is 11.1 Å². The maximum absolute atomic E-state index is 15.2. The molecule has 0 saturated carbocycles. The maximum Gasteiger partial charge on any atom is 0.248 e. The zero-order chi connectivity index (χ0) is 51.4. The molecule has 8 N–H and O–H groups in total. The number of carbonyl (C=O) groups excluding carboxylic acids is 6. The summed E-state index contributed by atoms with van der Waals surface area (Å²) in [6.07, 6.45) is 2.07. The quantitative estimate of drug-likeness (QED) is 0.0552. The summed E-state index contributed by atoms with van der Waals surface area (Å²) in [6, 6.07) is 10.4. The number of ether oxygens (including phenoxy) is 3. The Balaban J connectivity index is 1.41. The van der Waals surface area contributed by atoms with Crippen LogP contribution in [0.5, 0.6) is 0 Å². The van der Waals surface area contributed by atoms with Crippen LogP contribution in [-0.2, 0) is 49.5 Å². The molecule has 1 aromatic heterocycles. The Hall–Kier alpha value is -5.80. The first-order valence-electron chi connectivity index (χ1n) is 23.8. The molecule has 4 atom stereocenters. The number of nitrogens with two attached hydrogens (primary N) is 2. The summed E-state index contributed by atoms with van der Waals surface area (Å²) in [5.74, 6) is -5.35. The van der Waals surface area contributed by atoms with Crippen molar-refractivity contribution in [1.29, 1.82) is 0 Å². The fourth-order valence-corrected chi connectivity index (χ4v) is 8.42. The van der Waals surface area contributed by atoms with Gasteiger partial charge in [0, 0.05) is 62.2 Å². The minimum atomic E-state index is -1.33. The predicted molar refractivity (Wildman–Crippen MR) is 257 cm³/mol. The van der Waals surface area contributed by atoms with Crippen LogP contribution in [0, 0.1) is 23.0 Å². The van der Waals surface area contributed by atoms with Gasteiger partial charge in [-0.15, -0.1) is 0 Å². The van der Waals surface area contributed by atoms with Gasteiger partial charge >= 0.3 is 0 Å². The minimum Gasteiger partial charge on any atom is -0.387 e. The molecule has 0 bridgehead atoms. The van der Waals surface area contributed by atoms with Gasteiger partial charge in [-0.2, -0.15) is 0 Å². The highest BCUT2D eigenvalue weighted by molar-refractivity contribution is 5.96. The van der Waals surface area contributed by atoms with Crippen molar-refractivity contribution in [3.05, 3.63) is 83.7 Å². The van der Waals surface area contributed by atoms with Crippen molar-refractivity contribution in [2.45, 2.75) is 97.4 Å². The van der Waals surface area contributed by atoms with Crippen LogP contribution in [0.3, 0.4) is 0 Å². The number of nitrogens with one attached hydrogen (secondary N) is 3. The third-order valence-electron chi connectivity index (χ3n) is 11.7. The summed E-state index contributed by atoms with van der Waals surface area (Å²) in [5.41, 5.74) is 12.2. The van der Waals surface area contributed by atoms with E-state index in [1.165, 1.54) is 9.80 Å². The molecule has 1 saturated heterocycles. The van der Waals surface area contributed by atoms with Crippen molar-refractivity contribution in [1.82, 2.24) is 30.3 Å². The highest BCUT2D eigenvalue weighted by atomic mass is 19.1. The van der Waals surface area contributed by atoms with Crippen molar-refractivity contribution >= 4 is 35.4 Å². The van der Waals surface area contributed by atoms with Crippen molar-refractivity contribution < 1.29 is 56.9 Å². The predicted octanol–water partition coefficient (Wildman–Crippen LogP) is 2.79. The number of aromatic nitrogens is 1. The molecule has 2 heterocycles. The number of hydrogen-bond acceptors (Lipinski definition) is 11. The summed E-state index contributed by atoms with van der Waals surface area (Å²) >= 11 is 0. The number of amides is 6. The molecule has 386 valence electrons. The highest BCUT2D eigenvalue weighted by Gasteiger charge is 2.40. The molecule has 1 fully saturated rings. The van der Waals surface area contributed by atoms with Gasteiger partial charge in [-0.3, -0.25) is 28.8 Å². The molecule has 1 aliphatic heterocycles. The average Bonchev–Trinajstić information content (AvgIpc) is 3.97. The Morgan fingerprint density at radius 1 is 0.914 bits per heavy atom. The lowest BCUT2D eigenvalue weighted by atomic mass is 9.83. The zero-order valence-electron chi connectivity index (χ0n) is 41.1. The van der Waals surface area contributed by atoms with E-state index in [4.69, 9.17) is 25.7 Å². The molecule has 6 amide bonds. The van der Waals surface area contributed by atoms with Crippen molar-refractivity contribution in [2.75, 3.05) is 72.4 Å². The second-order valence-corrected chi connectivity index (χ2v) is 18.6. The molecular weight excluding hydrogens is 911 g/mol. The first-order chi connectivity index (χ1) is 33.4. The first-order valence-corrected chi connectivity index (χ1v) is 23.8. The molecule has 0 unspecified atom stereocenters. The first kappa shape index (κ1) is 56.8. The number of aliphatic hydroxyl groups is 1. The van der Waals surface area contributed by atoms with Gasteiger partial charge in [0.05, 0.1) is 52.1 Å². The van der Waals surface area contributed by atoms with Gasteiger partial charge < -0.3 is 61.1 Å². The molecule has 3 aromatic rings. The van der Waals surface area contributed by atoms with Crippen molar-refractivity contribution in [3.63, 3.8) is 0 Å². The Labute approximate surface area is 409 Å². The summed E-state index contributed by atoms with van der Waals surface area (Å²) < 4.78 is 47.6. The van der Waals surface area contributed by atoms with Crippen molar-refractivity contribution in [2.24, 2.45) is 22.8 Å². The lowest BCUT2D eigenvalue weighted by Gasteiger charge is -2.41. The average molecular weight is 983 g/mol. The van der Waals surface area contributed by atoms with Gasteiger partial charge in [0.2, 0.25) is 35.4 Å². The number of likely N-dealkylation sites (tertiary alicyclic amines) is 1. The summed E-state index contributed by atoms with van der Waals surface area (Å²) in [6.45, 7) is 11.3. The molecule has 0 spiro atoms. The topological polar surface area (TPSA) is 250 Å². The molecule has 1 aliphatic rings. The molecule has 0 aliphatic carbocycles. The van der Waals surface area contributed by atoms with Gasteiger partial charge in [-0.1, -0.05) is 65.0 Å². The van der Waals surface area contributed by atoms with Crippen LogP contribution < -0.4 is 27.4 Å². The fourth-order valence-electron chi connectivity index (χ4n) is 8.42. The van der Waals surface area contributed by atoms with Gasteiger partial charge in [-0.05, 0) is 60.4 Å². The second kappa shape index (κ2) is 28.1. The van der Waals surface area contributed by atoms with Gasteiger partial charge in [0.25, 0.3) is 0 Å².